The summed E-state index contributed by atoms with van der Waals surface area (Å²) in [5.41, 5.74) is 7.14. The number of rotatable bonds is 5. The van der Waals surface area contributed by atoms with Crippen LogP contribution in [0, 0.1) is 0 Å². The minimum absolute atomic E-state index is 0.213. The third-order valence-electron chi connectivity index (χ3n) is 3.85. The minimum atomic E-state index is 0.213. The summed E-state index contributed by atoms with van der Waals surface area (Å²) in [6, 6.07) is 6.14. The van der Waals surface area contributed by atoms with Crippen LogP contribution in [0.3, 0.4) is 0 Å². The fraction of sp³-hybridized carbons (Fsp3) is 0.600. The molecule has 4 nitrogen and oxygen atoms in total. The van der Waals surface area contributed by atoms with Crippen molar-refractivity contribution < 1.29 is 9.47 Å². The summed E-state index contributed by atoms with van der Waals surface area (Å²) in [5, 5.41) is 0. The minimum Gasteiger partial charge on any atom is -0.497 e. The second-order valence-corrected chi connectivity index (χ2v) is 4.96. The van der Waals surface area contributed by atoms with Crippen molar-refractivity contribution in [3.05, 3.63) is 23.8 Å². The Kier molecular flexibility index (Phi) is 5.05. The number of nitrogens with zero attached hydrogens (tertiary/aromatic N) is 1. The molecule has 0 radical (unpaired) electrons. The molecule has 0 amide bonds. The normalized spacial score (nSPS) is 18.1. The molecule has 1 aliphatic rings. The lowest BCUT2D eigenvalue weighted by Gasteiger charge is -2.34. The fourth-order valence-electron chi connectivity index (χ4n) is 2.80. The van der Waals surface area contributed by atoms with Gasteiger partial charge in [-0.3, -0.25) is 4.90 Å². The standard InChI is InChI=1S/C15H24N2O2/c1-18-12-6-7-15(19-2)13(10-12)14(11-16)17-8-4-3-5-9-17/h6-7,10,14H,3-5,8-9,11,16H2,1-2H3/t14-/m0/s1. The molecule has 106 valence electrons. The van der Waals surface area contributed by atoms with Gasteiger partial charge in [0.2, 0.25) is 0 Å². The second-order valence-electron chi connectivity index (χ2n) is 4.96. The van der Waals surface area contributed by atoms with Crippen molar-refractivity contribution in [1.82, 2.24) is 4.90 Å². The summed E-state index contributed by atoms with van der Waals surface area (Å²) in [5.74, 6) is 1.74. The largest absolute Gasteiger partial charge is 0.497 e. The summed E-state index contributed by atoms with van der Waals surface area (Å²) in [4.78, 5) is 2.46. The van der Waals surface area contributed by atoms with Gasteiger partial charge in [0.05, 0.1) is 20.3 Å². The molecule has 4 heteroatoms. The predicted octanol–water partition coefficient (Wildman–Crippen LogP) is 2.19. The van der Waals surface area contributed by atoms with Crippen LogP contribution >= 0.6 is 0 Å². The van der Waals surface area contributed by atoms with Gasteiger partial charge in [-0.25, -0.2) is 0 Å². The van der Waals surface area contributed by atoms with Crippen LogP contribution in [0.2, 0.25) is 0 Å². The Morgan fingerprint density at radius 2 is 1.89 bits per heavy atom. The molecule has 1 heterocycles. The van der Waals surface area contributed by atoms with Crippen LogP contribution in [0.25, 0.3) is 0 Å². The molecule has 0 spiro atoms. The summed E-state index contributed by atoms with van der Waals surface area (Å²) in [6.07, 6.45) is 3.83. The van der Waals surface area contributed by atoms with Gasteiger partial charge in [-0.05, 0) is 44.1 Å². The van der Waals surface area contributed by atoms with E-state index in [9.17, 15) is 0 Å². The van der Waals surface area contributed by atoms with Crippen molar-refractivity contribution in [2.24, 2.45) is 5.73 Å². The van der Waals surface area contributed by atoms with E-state index in [2.05, 4.69) is 4.90 Å². The van der Waals surface area contributed by atoms with Crippen molar-refractivity contribution in [1.29, 1.82) is 0 Å². The van der Waals surface area contributed by atoms with Crippen molar-refractivity contribution in [2.45, 2.75) is 25.3 Å². The highest BCUT2D eigenvalue weighted by Crippen LogP contribution is 2.33. The van der Waals surface area contributed by atoms with Gasteiger partial charge in [-0.15, -0.1) is 0 Å². The first-order chi connectivity index (χ1) is 9.30. The Bertz CT molecular complexity index is 403. The number of piperidine rings is 1. The van der Waals surface area contributed by atoms with Crippen LogP contribution in [0.5, 0.6) is 11.5 Å². The number of benzene rings is 1. The van der Waals surface area contributed by atoms with Crippen molar-refractivity contribution in [3.8, 4) is 11.5 Å². The van der Waals surface area contributed by atoms with E-state index >= 15 is 0 Å². The highest BCUT2D eigenvalue weighted by Gasteiger charge is 2.24. The SMILES string of the molecule is COc1ccc(OC)c([C@H](CN)N2CCCCC2)c1. The maximum Gasteiger partial charge on any atom is 0.123 e. The zero-order valence-electron chi connectivity index (χ0n) is 11.9. The lowest BCUT2D eigenvalue weighted by molar-refractivity contribution is 0.164. The van der Waals surface area contributed by atoms with E-state index in [4.69, 9.17) is 15.2 Å². The molecule has 1 aromatic rings. The Hall–Kier alpha value is -1.26. The monoisotopic (exact) mass is 264 g/mol. The quantitative estimate of drug-likeness (QED) is 0.885. The topological polar surface area (TPSA) is 47.7 Å². The third kappa shape index (κ3) is 3.19. The predicted molar refractivity (Wildman–Crippen MR) is 76.8 cm³/mol. The molecule has 1 fully saturated rings. The van der Waals surface area contributed by atoms with Gasteiger partial charge < -0.3 is 15.2 Å². The smallest absolute Gasteiger partial charge is 0.123 e. The number of hydrogen-bond acceptors (Lipinski definition) is 4. The van der Waals surface area contributed by atoms with Gasteiger partial charge in [0.25, 0.3) is 0 Å². The Morgan fingerprint density at radius 1 is 1.16 bits per heavy atom. The molecule has 1 aliphatic heterocycles. The molecule has 0 bridgehead atoms. The molecule has 1 saturated heterocycles. The van der Waals surface area contributed by atoms with Gasteiger partial charge in [-0.1, -0.05) is 6.42 Å². The molecule has 1 aromatic carbocycles. The molecule has 19 heavy (non-hydrogen) atoms. The summed E-state index contributed by atoms with van der Waals surface area (Å²) >= 11 is 0. The lowest BCUT2D eigenvalue weighted by atomic mass is 10.0. The molecular formula is C15H24N2O2. The lowest BCUT2D eigenvalue weighted by Crippen LogP contribution is -2.37. The highest BCUT2D eigenvalue weighted by molar-refractivity contribution is 5.42. The van der Waals surface area contributed by atoms with E-state index in [1.165, 1.54) is 19.3 Å². The number of hydrogen-bond donors (Lipinski definition) is 1. The fourth-order valence-corrected chi connectivity index (χ4v) is 2.80. The second kappa shape index (κ2) is 6.78. The van der Waals surface area contributed by atoms with Crippen molar-refractivity contribution in [3.63, 3.8) is 0 Å². The van der Waals surface area contributed by atoms with Crippen LogP contribution < -0.4 is 15.2 Å². The summed E-state index contributed by atoms with van der Waals surface area (Å²) in [7, 11) is 3.39. The highest BCUT2D eigenvalue weighted by atomic mass is 16.5. The number of likely N-dealkylation sites (tertiary alicyclic amines) is 1. The van der Waals surface area contributed by atoms with Gasteiger partial charge in [0.1, 0.15) is 11.5 Å². The molecule has 2 rings (SSSR count). The molecule has 0 unspecified atom stereocenters. The van der Waals surface area contributed by atoms with Crippen LogP contribution in [-0.2, 0) is 0 Å². The third-order valence-corrected chi connectivity index (χ3v) is 3.85. The zero-order valence-corrected chi connectivity index (χ0v) is 11.9. The van der Waals surface area contributed by atoms with E-state index in [0.29, 0.717) is 6.54 Å². The zero-order chi connectivity index (χ0) is 13.7. The van der Waals surface area contributed by atoms with Crippen LogP contribution in [0.15, 0.2) is 18.2 Å². The molecule has 1 atom stereocenters. The maximum atomic E-state index is 6.01. The van der Waals surface area contributed by atoms with E-state index in [1.807, 2.05) is 18.2 Å². The van der Waals surface area contributed by atoms with Gasteiger partial charge in [-0.2, -0.15) is 0 Å². The van der Waals surface area contributed by atoms with E-state index in [-0.39, 0.29) is 6.04 Å². The maximum absolute atomic E-state index is 6.01. The number of ether oxygens (including phenoxy) is 2. The van der Waals surface area contributed by atoms with Crippen LogP contribution in [0.1, 0.15) is 30.9 Å². The molecule has 0 aromatic heterocycles. The molecule has 2 N–H and O–H groups in total. The van der Waals surface area contributed by atoms with Crippen LogP contribution in [-0.4, -0.2) is 38.8 Å². The first-order valence-corrected chi connectivity index (χ1v) is 6.96. The first-order valence-electron chi connectivity index (χ1n) is 6.96. The molecule has 0 aliphatic carbocycles. The van der Waals surface area contributed by atoms with E-state index in [0.717, 1.165) is 30.2 Å². The van der Waals surface area contributed by atoms with Gasteiger partial charge in [0, 0.05) is 12.1 Å². The summed E-state index contributed by atoms with van der Waals surface area (Å²) < 4.78 is 10.8. The Labute approximate surface area is 115 Å². The van der Waals surface area contributed by atoms with Crippen molar-refractivity contribution in [2.75, 3.05) is 33.9 Å². The van der Waals surface area contributed by atoms with Crippen molar-refractivity contribution >= 4 is 0 Å². The Balaban J connectivity index is 2.29. The van der Waals surface area contributed by atoms with Crippen LogP contribution in [0.4, 0.5) is 0 Å². The summed E-state index contributed by atoms with van der Waals surface area (Å²) in [6.45, 7) is 2.83. The number of nitrogens with two attached hydrogens (primary N) is 1. The van der Waals surface area contributed by atoms with Gasteiger partial charge in [0.15, 0.2) is 0 Å². The average molecular weight is 264 g/mol. The number of methoxy groups -OCH3 is 2. The average Bonchev–Trinajstić information content (AvgIpc) is 2.49. The molecule has 0 saturated carbocycles. The van der Waals surface area contributed by atoms with E-state index < -0.39 is 0 Å². The van der Waals surface area contributed by atoms with Gasteiger partial charge >= 0.3 is 0 Å². The first kappa shape index (κ1) is 14.2. The molecular weight excluding hydrogens is 240 g/mol. The van der Waals surface area contributed by atoms with E-state index in [1.54, 1.807) is 14.2 Å². The Morgan fingerprint density at radius 3 is 2.47 bits per heavy atom.